The van der Waals surface area contributed by atoms with Crippen molar-refractivity contribution in [1.29, 1.82) is 0 Å². The van der Waals surface area contributed by atoms with Crippen LogP contribution in [0.15, 0.2) is 65.0 Å². The molecule has 3 aromatic heterocycles. The van der Waals surface area contributed by atoms with Gasteiger partial charge in [0.15, 0.2) is 22.5 Å². The molecule has 0 atom stereocenters. The third-order valence-electron chi connectivity index (χ3n) is 6.09. The first-order chi connectivity index (χ1) is 21.2. The minimum absolute atomic E-state index is 0.0478. The number of aliphatic hydroxyl groups is 1. The van der Waals surface area contributed by atoms with Gasteiger partial charge < -0.3 is 19.3 Å². The van der Waals surface area contributed by atoms with Crippen molar-refractivity contribution < 1.29 is 27.7 Å². The van der Waals surface area contributed by atoms with Crippen molar-refractivity contribution in [2.24, 2.45) is 5.10 Å². The van der Waals surface area contributed by atoms with E-state index in [1.807, 2.05) is 13.8 Å². The lowest BCUT2D eigenvalue weighted by Crippen LogP contribution is -2.39. The van der Waals surface area contributed by atoms with Crippen LogP contribution < -0.4 is 35.0 Å². The summed E-state index contributed by atoms with van der Waals surface area (Å²) in [5.74, 6) is 0.456. The molecule has 1 aliphatic rings. The van der Waals surface area contributed by atoms with Crippen molar-refractivity contribution in [3.05, 3.63) is 65.4 Å². The van der Waals surface area contributed by atoms with Gasteiger partial charge in [0.25, 0.3) is 15.9 Å². The number of pyridine rings is 2. The maximum atomic E-state index is 13.6. The summed E-state index contributed by atoms with van der Waals surface area (Å²) in [6, 6.07) is 11.0. The first-order valence-corrected chi connectivity index (χ1v) is 15.0. The number of hydrogen-bond donors (Lipinski definition) is 4. The molecule has 17 heteroatoms. The smallest absolute Gasteiger partial charge is 0.280 e. The molecule has 0 aliphatic carbocycles. The van der Waals surface area contributed by atoms with Gasteiger partial charge in [-0.2, -0.15) is 24.1 Å². The lowest BCUT2D eigenvalue weighted by molar-refractivity contribution is 0.193. The quantitative estimate of drug-likeness (QED) is 0.176. The molecule has 1 aromatic carbocycles. The van der Waals surface area contributed by atoms with Crippen molar-refractivity contribution in [3.8, 4) is 34.5 Å². The fraction of sp³-hybridized carbons (Fsp3) is 0.222. The van der Waals surface area contributed by atoms with Gasteiger partial charge in [-0.15, -0.1) is 5.10 Å². The molecule has 44 heavy (non-hydrogen) atoms. The van der Waals surface area contributed by atoms with E-state index < -0.39 is 10.0 Å². The summed E-state index contributed by atoms with van der Waals surface area (Å²) in [4.78, 5) is 17.5. The summed E-state index contributed by atoms with van der Waals surface area (Å²) in [5, 5.41) is 14.8. The minimum atomic E-state index is -4.30. The highest BCUT2D eigenvalue weighted by Crippen LogP contribution is 2.42. The number of halogens is 1. The molecule has 15 nitrogen and oxygen atoms in total. The zero-order chi connectivity index (χ0) is 31.3. The predicted molar refractivity (Wildman–Crippen MR) is 162 cm³/mol. The van der Waals surface area contributed by atoms with Crippen LogP contribution in [0.2, 0.25) is 5.02 Å². The molecule has 4 N–H and O–H groups in total. The number of anilines is 2. The van der Waals surface area contributed by atoms with Crippen LogP contribution in [-0.4, -0.2) is 60.1 Å². The van der Waals surface area contributed by atoms with E-state index >= 15 is 0 Å². The average Bonchev–Trinajstić information content (AvgIpc) is 3.57. The molecule has 4 heterocycles. The number of benzene rings is 1. The van der Waals surface area contributed by atoms with Crippen molar-refractivity contribution in [3.63, 3.8) is 0 Å². The third-order valence-corrected chi connectivity index (χ3v) is 7.66. The molecule has 0 saturated carbocycles. The summed E-state index contributed by atoms with van der Waals surface area (Å²) >= 11 is 6.40. The fourth-order valence-electron chi connectivity index (χ4n) is 3.83. The number of nitrogens with one attached hydrogen (secondary N) is 3. The van der Waals surface area contributed by atoms with Crippen molar-refractivity contribution in [2.75, 3.05) is 30.2 Å². The van der Waals surface area contributed by atoms with E-state index in [1.54, 1.807) is 30.3 Å². The lowest BCUT2D eigenvalue weighted by atomic mass is 10.1. The highest BCUT2D eigenvalue weighted by atomic mass is 35.5. The van der Waals surface area contributed by atoms with Crippen molar-refractivity contribution in [1.82, 2.24) is 30.9 Å². The maximum absolute atomic E-state index is 13.6. The molecule has 0 bridgehead atoms. The van der Waals surface area contributed by atoms with E-state index in [2.05, 4.69) is 40.7 Å². The van der Waals surface area contributed by atoms with Gasteiger partial charge in [0.05, 0.1) is 18.7 Å². The zero-order valence-electron chi connectivity index (χ0n) is 23.7. The Morgan fingerprint density at radius 2 is 1.95 bits per heavy atom. The minimum Gasteiger partial charge on any atom is -0.497 e. The second kappa shape index (κ2) is 13.2. The van der Waals surface area contributed by atoms with Crippen LogP contribution in [0, 0.1) is 0 Å². The number of hydrazone groups is 1. The maximum Gasteiger partial charge on any atom is 0.280 e. The first kappa shape index (κ1) is 30.5. The summed E-state index contributed by atoms with van der Waals surface area (Å²) in [6.45, 7) is 3.39. The molecule has 4 aromatic rings. The highest BCUT2D eigenvalue weighted by Gasteiger charge is 2.26. The van der Waals surface area contributed by atoms with Gasteiger partial charge >= 0.3 is 0 Å². The second-order valence-electron chi connectivity index (χ2n) is 9.42. The van der Waals surface area contributed by atoms with Crippen LogP contribution in [0.1, 0.15) is 25.3 Å². The van der Waals surface area contributed by atoms with Gasteiger partial charge in [0.2, 0.25) is 5.75 Å². The summed E-state index contributed by atoms with van der Waals surface area (Å²) in [6.07, 6.45) is 4.43. The molecule has 5 rings (SSSR count). The summed E-state index contributed by atoms with van der Waals surface area (Å²) in [7, 11) is -2.83. The standard InChI is InChI=1S/C27H28ClN9O6S/c1-16(2)18-4-7-23(30-14-18)44(39,40)35-26-24(43-21-13-19(41-3)5-6-20(21)28)27(42-11-10-38)34-25(33-26)17-8-9-29-22(12-17)37-32-15-31-36-37/h4-9,12-16,36,38H,10-11H2,1-3H3,(H,31,32)(H,33,34,35). The molecule has 0 spiro atoms. The topological polar surface area (TPSA) is 185 Å². The Bertz CT molecular complexity index is 1770. The summed E-state index contributed by atoms with van der Waals surface area (Å²) in [5.41, 5.74) is 6.86. The number of aromatic nitrogens is 4. The van der Waals surface area contributed by atoms with Crippen molar-refractivity contribution in [2.45, 2.75) is 24.8 Å². The second-order valence-corrected chi connectivity index (χ2v) is 11.5. The van der Waals surface area contributed by atoms with Gasteiger partial charge in [-0.25, -0.2) is 15.0 Å². The van der Waals surface area contributed by atoms with E-state index in [1.165, 1.54) is 43.1 Å². The number of nitrogens with zero attached hydrogens (tertiary/aromatic N) is 6. The van der Waals surface area contributed by atoms with Gasteiger partial charge in [0, 0.05) is 24.0 Å². The largest absolute Gasteiger partial charge is 0.497 e. The average molecular weight is 642 g/mol. The highest BCUT2D eigenvalue weighted by molar-refractivity contribution is 7.92. The van der Waals surface area contributed by atoms with E-state index in [0.717, 1.165) is 5.56 Å². The van der Waals surface area contributed by atoms with Crippen molar-refractivity contribution >= 4 is 39.6 Å². The van der Waals surface area contributed by atoms with E-state index in [0.29, 0.717) is 17.1 Å². The number of hydrazine groups is 2. The van der Waals surface area contributed by atoms with Gasteiger partial charge in [-0.1, -0.05) is 31.5 Å². The molecule has 1 aliphatic heterocycles. The number of methoxy groups -OCH3 is 1. The van der Waals surface area contributed by atoms with E-state index in [-0.39, 0.29) is 58.2 Å². The number of aliphatic hydroxyl groups excluding tert-OH is 1. The zero-order valence-corrected chi connectivity index (χ0v) is 25.3. The van der Waals surface area contributed by atoms with Crippen LogP contribution in [0.5, 0.6) is 23.1 Å². The number of hydrogen-bond acceptors (Lipinski definition) is 14. The Morgan fingerprint density at radius 1 is 1.11 bits per heavy atom. The Hall–Kier alpha value is -4.93. The number of rotatable bonds is 12. The monoisotopic (exact) mass is 641 g/mol. The first-order valence-electron chi connectivity index (χ1n) is 13.1. The van der Waals surface area contributed by atoms with Crippen LogP contribution in [0.3, 0.4) is 0 Å². The fourth-order valence-corrected chi connectivity index (χ4v) is 4.92. The number of ether oxygens (including phenoxy) is 3. The Balaban J connectivity index is 1.64. The predicted octanol–water partition coefficient (Wildman–Crippen LogP) is 3.46. The van der Waals surface area contributed by atoms with Gasteiger partial charge in [-0.3, -0.25) is 10.1 Å². The van der Waals surface area contributed by atoms with Crippen LogP contribution >= 0.6 is 11.6 Å². The Kier molecular flexibility index (Phi) is 9.12. The molecule has 0 amide bonds. The molecule has 0 fully saturated rings. The third kappa shape index (κ3) is 6.82. The Morgan fingerprint density at radius 3 is 2.64 bits per heavy atom. The van der Waals surface area contributed by atoms with Gasteiger partial charge in [0.1, 0.15) is 24.4 Å². The van der Waals surface area contributed by atoms with Gasteiger partial charge in [-0.05, 0) is 41.8 Å². The molecule has 0 saturated heterocycles. The van der Waals surface area contributed by atoms with E-state index in [9.17, 15) is 13.5 Å². The normalized spacial score (nSPS) is 12.5. The van der Waals surface area contributed by atoms with Crippen LogP contribution in [0.25, 0.3) is 11.4 Å². The molecule has 0 unspecified atom stereocenters. The SMILES string of the molecule is COc1ccc(Cl)c(Oc2c(NS(=O)(=O)c3ccc(C(C)C)cn3)nc(-c3ccnc(N4NC=NN4)c3)nc2OCCO)c1. The molecular weight excluding hydrogens is 614 g/mol. The Labute approximate surface area is 257 Å². The van der Waals surface area contributed by atoms with E-state index in [4.69, 9.17) is 25.8 Å². The lowest BCUT2D eigenvalue weighted by Gasteiger charge is -2.19. The molecular formula is C27H28ClN9O6S. The molecule has 230 valence electrons. The summed E-state index contributed by atoms with van der Waals surface area (Å²) < 4.78 is 46.8. The number of sulfonamides is 1. The van der Waals surface area contributed by atoms with Crippen LogP contribution in [0.4, 0.5) is 11.6 Å². The molecule has 0 radical (unpaired) electrons. The van der Waals surface area contributed by atoms with Crippen LogP contribution in [-0.2, 0) is 10.0 Å².